The Balaban J connectivity index is 0.00000320. The van der Waals surface area contributed by atoms with Crippen molar-refractivity contribution >= 4 is 40.7 Å². The minimum atomic E-state index is -0.451. The first-order valence-corrected chi connectivity index (χ1v) is 12.4. The van der Waals surface area contributed by atoms with E-state index in [1.807, 2.05) is 24.3 Å². The Labute approximate surface area is 226 Å². The highest BCUT2D eigenvalue weighted by Gasteiger charge is 2.24. The van der Waals surface area contributed by atoms with Crippen molar-refractivity contribution in [1.29, 1.82) is 0 Å². The van der Waals surface area contributed by atoms with Gasteiger partial charge in [-0.3, -0.25) is 4.79 Å². The van der Waals surface area contributed by atoms with Crippen LogP contribution in [0.1, 0.15) is 28.2 Å². The number of carbonyl (C=O) groups excluding carboxylic acids is 1. The molecule has 0 saturated carbocycles. The number of H-pyrrole nitrogens is 1. The van der Waals surface area contributed by atoms with E-state index in [9.17, 15) is 9.90 Å². The predicted octanol–water partition coefficient (Wildman–Crippen LogP) is 5.16. The van der Waals surface area contributed by atoms with Crippen LogP contribution in [0.5, 0.6) is 11.6 Å². The number of piperazine rings is 1. The lowest BCUT2D eigenvalue weighted by molar-refractivity contribution is 0.0999. The highest BCUT2D eigenvalue weighted by atomic mass is 35.5. The fourth-order valence-electron chi connectivity index (χ4n) is 4.53. The van der Waals surface area contributed by atoms with E-state index in [0.29, 0.717) is 28.2 Å². The van der Waals surface area contributed by atoms with Crippen molar-refractivity contribution < 1.29 is 19.2 Å². The Morgan fingerprint density at radius 1 is 1.16 bits per heavy atom. The van der Waals surface area contributed by atoms with Crippen molar-refractivity contribution in [3.8, 4) is 22.8 Å². The second kappa shape index (κ2) is 11.6. The number of aromatic hydroxyl groups is 1. The van der Waals surface area contributed by atoms with Crippen molar-refractivity contribution in [2.24, 2.45) is 0 Å². The van der Waals surface area contributed by atoms with Gasteiger partial charge in [-0.05, 0) is 50.2 Å². The molecule has 1 saturated heterocycles. The largest absolute Gasteiger partial charge is 0.494 e. The number of likely N-dealkylation sites (N-methyl/N-ethyl adjacent to an activating group) is 1. The monoisotopic (exact) mass is 544 g/mol. The van der Waals surface area contributed by atoms with Crippen LogP contribution in [0.4, 0.5) is 0 Å². The number of hydrogen-bond donors (Lipinski definition) is 2. The van der Waals surface area contributed by atoms with Crippen molar-refractivity contribution in [2.75, 3.05) is 46.4 Å². The van der Waals surface area contributed by atoms with E-state index < -0.39 is 5.78 Å². The van der Waals surface area contributed by atoms with Crippen LogP contribution < -0.4 is 4.74 Å². The Morgan fingerprint density at radius 3 is 2.57 bits per heavy atom. The molecule has 10 heteroatoms. The van der Waals surface area contributed by atoms with Crippen LogP contribution in [0, 0.1) is 6.92 Å². The van der Waals surface area contributed by atoms with E-state index in [1.54, 1.807) is 25.1 Å². The molecule has 5 rings (SSSR count). The van der Waals surface area contributed by atoms with Crippen molar-refractivity contribution in [1.82, 2.24) is 19.9 Å². The van der Waals surface area contributed by atoms with Crippen molar-refractivity contribution in [3.05, 3.63) is 64.5 Å². The molecule has 1 aliphatic heterocycles. The van der Waals surface area contributed by atoms with Gasteiger partial charge in [-0.15, -0.1) is 12.4 Å². The molecule has 0 radical (unpaired) electrons. The number of aromatic nitrogens is 2. The number of benzene rings is 2. The minimum Gasteiger partial charge on any atom is -0.494 e. The standard InChI is InChI=1S/C27H29ClN4O4.ClH/c1-17-14-24(36-30-17)26(33)25-21-15-20(22(28)16-23(21)29-27(25)34)18-4-6-19(7-5-18)35-13-3-8-32-11-9-31(2)10-12-32;/h4-7,14-16,29,34H,3,8-13H2,1-2H3;1H. The molecular weight excluding hydrogens is 515 g/mol. The highest BCUT2D eigenvalue weighted by Crippen LogP contribution is 2.37. The second-order valence-corrected chi connectivity index (χ2v) is 9.67. The van der Waals surface area contributed by atoms with E-state index >= 15 is 0 Å². The number of aryl methyl sites for hydroxylation is 1. The van der Waals surface area contributed by atoms with Gasteiger partial charge in [0.25, 0.3) is 0 Å². The van der Waals surface area contributed by atoms with Gasteiger partial charge in [0.15, 0.2) is 0 Å². The van der Waals surface area contributed by atoms with Gasteiger partial charge < -0.3 is 29.2 Å². The van der Waals surface area contributed by atoms with Gasteiger partial charge in [0.1, 0.15) is 5.75 Å². The molecule has 2 N–H and O–H groups in total. The Morgan fingerprint density at radius 2 is 1.89 bits per heavy atom. The van der Waals surface area contributed by atoms with Gasteiger partial charge in [-0.1, -0.05) is 28.9 Å². The quantitative estimate of drug-likeness (QED) is 0.233. The third-order valence-corrected chi connectivity index (χ3v) is 6.91. The number of hydrogen-bond acceptors (Lipinski definition) is 7. The third kappa shape index (κ3) is 5.93. The summed E-state index contributed by atoms with van der Waals surface area (Å²) in [6.07, 6.45) is 0.979. The SMILES string of the molecule is Cc1cc(C(=O)c2c(O)[nH]c3cc(Cl)c(-c4ccc(OCCCN5CCN(C)CC5)cc4)cc23)on1.Cl. The first kappa shape index (κ1) is 27.0. The van der Waals surface area contributed by atoms with Gasteiger partial charge in [-0.2, -0.15) is 0 Å². The average molecular weight is 545 g/mol. The first-order valence-electron chi connectivity index (χ1n) is 12.1. The summed E-state index contributed by atoms with van der Waals surface area (Å²) in [7, 11) is 2.16. The minimum absolute atomic E-state index is 0. The summed E-state index contributed by atoms with van der Waals surface area (Å²) >= 11 is 6.57. The highest BCUT2D eigenvalue weighted by molar-refractivity contribution is 6.34. The second-order valence-electron chi connectivity index (χ2n) is 9.26. The molecule has 0 amide bonds. The first-order chi connectivity index (χ1) is 17.4. The molecule has 1 aliphatic rings. The topological polar surface area (TPSA) is 94.8 Å². The summed E-state index contributed by atoms with van der Waals surface area (Å²) < 4.78 is 11.1. The average Bonchev–Trinajstić information content (AvgIpc) is 3.44. The number of nitrogens with one attached hydrogen (secondary N) is 1. The molecular formula is C27H30Cl2N4O4. The molecule has 0 unspecified atom stereocenters. The van der Waals surface area contributed by atoms with E-state index in [4.69, 9.17) is 20.9 Å². The van der Waals surface area contributed by atoms with Crippen molar-refractivity contribution in [3.63, 3.8) is 0 Å². The van der Waals surface area contributed by atoms with Crippen LogP contribution in [0.25, 0.3) is 22.0 Å². The van der Waals surface area contributed by atoms with Crippen LogP contribution in [0.2, 0.25) is 5.02 Å². The van der Waals surface area contributed by atoms with E-state index in [-0.39, 0.29) is 29.6 Å². The molecule has 8 nitrogen and oxygen atoms in total. The van der Waals surface area contributed by atoms with E-state index in [0.717, 1.165) is 56.0 Å². The summed E-state index contributed by atoms with van der Waals surface area (Å²) in [6, 6.07) is 12.8. The zero-order valence-corrected chi connectivity index (χ0v) is 22.4. The number of fused-ring (bicyclic) bond motifs is 1. The maximum atomic E-state index is 13.0. The molecule has 0 bridgehead atoms. The summed E-state index contributed by atoms with van der Waals surface area (Å²) in [5.41, 5.74) is 2.89. The Hall–Kier alpha value is -3.04. The molecule has 0 atom stereocenters. The zero-order valence-electron chi connectivity index (χ0n) is 20.8. The van der Waals surface area contributed by atoms with Crippen LogP contribution in [-0.2, 0) is 0 Å². The van der Waals surface area contributed by atoms with Gasteiger partial charge in [0.2, 0.25) is 17.4 Å². The zero-order chi connectivity index (χ0) is 25.2. The smallest absolute Gasteiger partial charge is 0.237 e. The number of aromatic amines is 1. The van der Waals surface area contributed by atoms with Gasteiger partial charge >= 0.3 is 0 Å². The summed E-state index contributed by atoms with van der Waals surface area (Å²) in [4.78, 5) is 20.7. The van der Waals surface area contributed by atoms with Crippen LogP contribution in [0.3, 0.4) is 0 Å². The fraction of sp³-hybridized carbons (Fsp3) is 0.333. The maximum Gasteiger partial charge on any atom is 0.237 e. The molecule has 0 spiro atoms. The summed E-state index contributed by atoms with van der Waals surface area (Å²) in [6.45, 7) is 7.89. The Kier molecular flexibility index (Phi) is 8.44. The molecule has 2 aromatic heterocycles. The third-order valence-electron chi connectivity index (χ3n) is 6.59. The van der Waals surface area contributed by atoms with Gasteiger partial charge in [0.05, 0.1) is 28.4 Å². The molecule has 196 valence electrons. The van der Waals surface area contributed by atoms with Gasteiger partial charge in [0, 0.05) is 49.7 Å². The number of carbonyl (C=O) groups is 1. The maximum absolute atomic E-state index is 13.0. The summed E-state index contributed by atoms with van der Waals surface area (Å²) in [5, 5.41) is 15.3. The number of halogens is 2. The summed E-state index contributed by atoms with van der Waals surface area (Å²) in [5.74, 6) is 0.171. The molecule has 3 heterocycles. The van der Waals surface area contributed by atoms with Crippen LogP contribution >= 0.6 is 24.0 Å². The molecule has 4 aromatic rings. The van der Waals surface area contributed by atoms with E-state index in [1.165, 1.54) is 0 Å². The number of rotatable bonds is 8. The lowest BCUT2D eigenvalue weighted by atomic mass is 10.0. The van der Waals surface area contributed by atoms with Gasteiger partial charge in [-0.25, -0.2) is 0 Å². The molecule has 37 heavy (non-hydrogen) atoms. The predicted molar refractivity (Wildman–Crippen MR) is 146 cm³/mol. The normalized spacial score (nSPS) is 14.6. The lowest BCUT2D eigenvalue weighted by Gasteiger charge is -2.32. The number of ketones is 1. The molecule has 0 aliphatic carbocycles. The number of nitrogens with zero attached hydrogens (tertiary/aromatic N) is 3. The lowest BCUT2D eigenvalue weighted by Crippen LogP contribution is -2.44. The Bertz CT molecular complexity index is 1380. The van der Waals surface area contributed by atoms with Crippen LogP contribution in [-0.4, -0.2) is 77.2 Å². The molecule has 1 fully saturated rings. The van der Waals surface area contributed by atoms with Crippen molar-refractivity contribution in [2.45, 2.75) is 13.3 Å². The number of ether oxygens (including phenoxy) is 1. The van der Waals surface area contributed by atoms with E-state index in [2.05, 4.69) is 27.0 Å². The van der Waals surface area contributed by atoms with Crippen LogP contribution in [0.15, 0.2) is 47.0 Å². The molecule has 2 aromatic carbocycles. The fourth-order valence-corrected chi connectivity index (χ4v) is 4.80.